The van der Waals surface area contributed by atoms with E-state index >= 15 is 0 Å². The van der Waals surface area contributed by atoms with Crippen molar-refractivity contribution in [2.45, 2.75) is 57.5 Å². The standard InChI is InChI=1S/C20H25NO/c1-10-7-19-8-13-15-18(2)4-3-5-20(15)16(19)14(22)11(10)6-12(19)17(20)21(13)9-18/h11-13,15-17H,1,3-9H2,2H3/t11-,12-,13-,15-,16-,17?,18+,19?,20?/m1/s1. The maximum atomic E-state index is 13.4. The molecule has 0 amide bonds. The van der Waals surface area contributed by atoms with Crippen LogP contribution in [-0.2, 0) is 4.79 Å². The number of fused-ring (bicyclic) bond motifs is 1. The van der Waals surface area contributed by atoms with Gasteiger partial charge in [-0.05, 0) is 54.8 Å². The lowest BCUT2D eigenvalue weighted by Crippen LogP contribution is -2.62. The minimum absolute atomic E-state index is 0.238. The van der Waals surface area contributed by atoms with Gasteiger partial charge in [0.1, 0.15) is 5.78 Å². The van der Waals surface area contributed by atoms with Crippen LogP contribution in [0.2, 0.25) is 0 Å². The zero-order chi connectivity index (χ0) is 14.6. The number of rotatable bonds is 0. The van der Waals surface area contributed by atoms with Gasteiger partial charge in [0.25, 0.3) is 0 Å². The zero-order valence-corrected chi connectivity index (χ0v) is 13.5. The van der Waals surface area contributed by atoms with Crippen LogP contribution in [0.1, 0.15) is 45.4 Å². The molecule has 9 aliphatic rings. The van der Waals surface area contributed by atoms with Crippen LogP contribution in [0.15, 0.2) is 12.2 Å². The van der Waals surface area contributed by atoms with Gasteiger partial charge < -0.3 is 0 Å². The predicted octanol–water partition coefficient (Wildman–Crippen LogP) is 3.03. The van der Waals surface area contributed by atoms with Gasteiger partial charge in [-0.3, -0.25) is 9.69 Å². The van der Waals surface area contributed by atoms with Crippen molar-refractivity contribution < 1.29 is 4.79 Å². The smallest absolute Gasteiger partial charge is 0.144 e. The molecule has 9 bridgehead atoms. The summed E-state index contributed by atoms with van der Waals surface area (Å²) in [6.07, 6.45) is 7.84. The van der Waals surface area contributed by atoms with Gasteiger partial charge in [-0.15, -0.1) is 0 Å². The fourth-order valence-electron chi connectivity index (χ4n) is 10.2. The number of allylic oxidation sites excluding steroid dienone is 1. The average molecular weight is 295 g/mol. The van der Waals surface area contributed by atoms with Gasteiger partial charge in [-0.2, -0.15) is 0 Å². The van der Waals surface area contributed by atoms with E-state index in [0.717, 1.165) is 30.3 Å². The summed E-state index contributed by atoms with van der Waals surface area (Å²) in [5.41, 5.74) is 2.57. The lowest BCUT2D eigenvalue weighted by molar-refractivity contribution is -0.159. The van der Waals surface area contributed by atoms with E-state index in [1.54, 1.807) is 0 Å². The maximum absolute atomic E-state index is 13.4. The summed E-state index contributed by atoms with van der Waals surface area (Å²) in [6.45, 7) is 8.24. The van der Waals surface area contributed by atoms with Crippen molar-refractivity contribution in [2.24, 2.45) is 39.9 Å². The van der Waals surface area contributed by atoms with Gasteiger partial charge in [0.15, 0.2) is 0 Å². The highest BCUT2D eigenvalue weighted by molar-refractivity contribution is 5.91. The lowest BCUT2D eigenvalue weighted by atomic mass is 9.41. The van der Waals surface area contributed by atoms with Crippen molar-refractivity contribution in [3.63, 3.8) is 0 Å². The molecule has 6 aliphatic carbocycles. The maximum Gasteiger partial charge on any atom is 0.144 e. The van der Waals surface area contributed by atoms with Crippen LogP contribution in [0.3, 0.4) is 0 Å². The molecule has 2 nitrogen and oxygen atoms in total. The molecule has 4 unspecified atom stereocenters. The zero-order valence-electron chi connectivity index (χ0n) is 13.5. The second-order valence-corrected chi connectivity index (χ2v) is 10.3. The molecule has 0 aromatic heterocycles. The molecule has 2 heteroatoms. The number of ketones is 1. The Kier molecular flexibility index (Phi) is 1.56. The SMILES string of the molecule is C=C1CC23C[C@@H]4[C@H]5C67CCC[C@@]5(C)CN4C6[C@H]2C[C@H]1C(=O)[C@H]37. The molecule has 6 saturated carbocycles. The van der Waals surface area contributed by atoms with E-state index in [-0.39, 0.29) is 5.92 Å². The minimum Gasteiger partial charge on any atom is -0.299 e. The number of carbonyl (C=O) groups excluding carboxylic acids is 1. The van der Waals surface area contributed by atoms with Gasteiger partial charge in [-0.1, -0.05) is 25.5 Å². The summed E-state index contributed by atoms with van der Waals surface area (Å²) in [6, 6.07) is 1.59. The van der Waals surface area contributed by atoms with Crippen molar-refractivity contribution in [3.05, 3.63) is 12.2 Å². The number of Topliss-reactive ketones (excluding diaryl/α,β-unsaturated/α-hetero) is 1. The molecule has 0 radical (unpaired) electrons. The predicted molar refractivity (Wildman–Crippen MR) is 83.1 cm³/mol. The first kappa shape index (κ1) is 11.8. The Labute approximate surface area is 132 Å². The quantitative estimate of drug-likeness (QED) is 0.640. The van der Waals surface area contributed by atoms with E-state index in [2.05, 4.69) is 18.4 Å². The first-order valence-corrected chi connectivity index (χ1v) is 9.50. The summed E-state index contributed by atoms with van der Waals surface area (Å²) >= 11 is 0. The fraction of sp³-hybridized carbons (Fsp3) is 0.850. The molecule has 3 saturated heterocycles. The molecule has 9 rings (SSSR count). The van der Waals surface area contributed by atoms with Crippen molar-refractivity contribution in [1.82, 2.24) is 4.90 Å². The number of piperidine rings is 2. The van der Waals surface area contributed by atoms with E-state index in [0.29, 0.717) is 27.9 Å². The first-order valence-electron chi connectivity index (χ1n) is 9.50. The van der Waals surface area contributed by atoms with Crippen molar-refractivity contribution in [3.8, 4) is 0 Å². The van der Waals surface area contributed by atoms with Gasteiger partial charge in [-0.25, -0.2) is 0 Å². The molecular weight excluding hydrogens is 270 g/mol. The molecule has 2 spiro atoms. The van der Waals surface area contributed by atoms with Crippen LogP contribution >= 0.6 is 0 Å². The molecule has 116 valence electrons. The highest BCUT2D eigenvalue weighted by Crippen LogP contribution is 2.86. The second-order valence-electron chi connectivity index (χ2n) is 10.3. The third kappa shape index (κ3) is 0.800. The largest absolute Gasteiger partial charge is 0.299 e. The molecule has 0 aromatic carbocycles. The van der Waals surface area contributed by atoms with Crippen LogP contribution < -0.4 is 0 Å². The number of hydrogen-bond donors (Lipinski definition) is 0. The van der Waals surface area contributed by atoms with E-state index in [1.807, 2.05) is 0 Å². The van der Waals surface area contributed by atoms with Gasteiger partial charge >= 0.3 is 0 Å². The Hall–Kier alpha value is -0.630. The first-order chi connectivity index (χ1) is 10.5. The van der Waals surface area contributed by atoms with Crippen molar-refractivity contribution in [1.29, 1.82) is 0 Å². The van der Waals surface area contributed by atoms with Gasteiger partial charge in [0.05, 0.1) is 0 Å². The van der Waals surface area contributed by atoms with E-state index in [4.69, 9.17) is 0 Å². The summed E-state index contributed by atoms with van der Waals surface area (Å²) in [5.74, 6) is 2.98. The second kappa shape index (κ2) is 2.90. The fourth-order valence-corrected chi connectivity index (χ4v) is 10.2. The Balaban J connectivity index is 1.55. The number of nitrogens with zero attached hydrogens (tertiary/aromatic N) is 1. The highest BCUT2D eigenvalue weighted by Gasteiger charge is 2.88. The third-order valence-corrected chi connectivity index (χ3v) is 9.94. The molecule has 0 aromatic rings. The van der Waals surface area contributed by atoms with Crippen LogP contribution in [0.4, 0.5) is 0 Å². The summed E-state index contributed by atoms with van der Waals surface area (Å²) in [4.78, 5) is 16.4. The van der Waals surface area contributed by atoms with Crippen LogP contribution in [0.5, 0.6) is 0 Å². The molecular formula is C20H25NO. The lowest BCUT2D eigenvalue weighted by Gasteiger charge is -2.61. The van der Waals surface area contributed by atoms with Crippen molar-refractivity contribution >= 4 is 5.78 Å². The van der Waals surface area contributed by atoms with E-state index < -0.39 is 0 Å². The third-order valence-electron chi connectivity index (χ3n) is 9.94. The summed E-state index contributed by atoms with van der Waals surface area (Å²) < 4.78 is 0. The van der Waals surface area contributed by atoms with Crippen LogP contribution in [-0.4, -0.2) is 29.3 Å². The van der Waals surface area contributed by atoms with Crippen LogP contribution in [0, 0.1) is 39.9 Å². The Morgan fingerprint density at radius 1 is 1.32 bits per heavy atom. The molecule has 3 aliphatic heterocycles. The minimum atomic E-state index is 0.238. The number of carbonyl (C=O) groups is 1. The monoisotopic (exact) mass is 295 g/mol. The summed E-state index contributed by atoms with van der Waals surface area (Å²) in [7, 11) is 0. The van der Waals surface area contributed by atoms with Gasteiger partial charge in [0, 0.05) is 35.9 Å². The molecule has 0 N–H and O–H groups in total. The summed E-state index contributed by atoms with van der Waals surface area (Å²) in [5, 5.41) is 0. The van der Waals surface area contributed by atoms with Crippen molar-refractivity contribution in [2.75, 3.05) is 6.54 Å². The molecule has 10 atom stereocenters. The highest BCUT2D eigenvalue weighted by atomic mass is 16.1. The van der Waals surface area contributed by atoms with Gasteiger partial charge in [0.2, 0.25) is 0 Å². The number of hydrogen-bond acceptors (Lipinski definition) is 2. The van der Waals surface area contributed by atoms with E-state index in [1.165, 1.54) is 44.2 Å². The molecule has 22 heavy (non-hydrogen) atoms. The Morgan fingerprint density at radius 2 is 2.18 bits per heavy atom. The van der Waals surface area contributed by atoms with E-state index in [9.17, 15) is 4.79 Å². The Bertz CT molecular complexity index is 683. The normalized spacial score (nSPS) is 71.8. The van der Waals surface area contributed by atoms with Crippen LogP contribution in [0.25, 0.3) is 0 Å². The average Bonchev–Trinajstić information content (AvgIpc) is 2.87. The molecule has 9 fully saturated rings. The topological polar surface area (TPSA) is 20.3 Å². The molecule has 3 heterocycles. The Morgan fingerprint density at radius 3 is 3.05 bits per heavy atom.